The van der Waals surface area contributed by atoms with Crippen molar-refractivity contribution >= 4 is 27.3 Å². The first-order valence-electron chi connectivity index (χ1n) is 12.6. The molecule has 3 aromatic carbocycles. The predicted octanol–water partition coefficient (Wildman–Crippen LogP) is 3.96. The molecule has 37 heavy (non-hydrogen) atoms. The lowest BCUT2D eigenvalue weighted by Gasteiger charge is -2.29. The van der Waals surface area contributed by atoms with Crippen LogP contribution in [-0.2, 0) is 21.4 Å². The number of rotatable bonds is 8. The van der Waals surface area contributed by atoms with E-state index in [-0.39, 0.29) is 11.4 Å². The molecule has 1 amide bonds. The van der Waals surface area contributed by atoms with Crippen LogP contribution in [0.25, 0.3) is 0 Å². The summed E-state index contributed by atoms with van der Waals surface area (Å²) < 4.78 is 39.5. The minimum atomic E-state index is -4.01. The monoisotopic (exact) mass is 521 g/mol. The molecule has 1 N–H and O–H groups in total. The van der Waals surface area contributed by atoms with Gasteiger partial charge in [0.05, 0.1) is 10.6 Å². The first kappa shape index (κ1) is 25.0. The van der Waals surface area contributed by atoms with Crippen LogP contribution in [0.1, 0.15) is 24.8 Å². The molecular formula is C28H31N3O5S. The van der Waals surface area contributed by atoms with Gasteiger partial charge in [-0.1, -0.05) is 30.3 Å². The molecule has 0 aliphatic carbocycles. The first-order valence-corrected chi connectivity index (χ1v) is 14.0. The number of carbonyl (C=O) groups is 1. The molecule has 0 aromatic heterocycles. The minimum absolute atomic E-state index is 0.103. The fraction of sp³-hybridized carbons (Fsp3) is 0.321. The number of ether oxygens (including phenoxy) is 2. The number of piperidine rings is 1. The van der Waals surface area contributed by atoms with Crippen molar-refractivity contribution in [2.45, 2.75) is 30.7 Å². The molecule has 1 saturated heterocycles. The van der Waals surface area contributed by atoms with Gasteiger partial charge < -0.3 is 19.7 Å². The molecule has 194 valence electrons. The standard InChI is InChI=1S/C28H31N3O5S/c32-28(29-20-22-9-11-23(12-10-22)30-15-5-2-6-16-30)21-31(37(33,34)25-7-3-1-4-8-25)24-13-14-26-27(19-24)36-18-17-35-26/h1,3-4,7-14,19H,2,5-6,15-18,20-21H2,(H,29,32). The third-order valence-electron chi connectivity index (χ3n) is 6.58. The van der Waals surface area contributed by atoms with Crippen molar-refractivity contribution in [2.24, 2.45) is 0 Å². The Morgan fingerprint density at radius 3 is 2.30 bits per heavy atom. The fourth-order valence-electron chi connectivity index (χ4n) is 4.59. The summed E-state index contributed by atoms with van der Waals surface area (Å²) in [6.07, 6.45) is 3.71. The highest BCUT2D eigenvalue weighted by Crippen LogP contribution is 2.35. The molecule has 9 heteroatoms. The van der Waals surface area contributed by atoms with Crippen LogP contribution in [0.5, 0.6) is 11.5 Å². The number of hydrogen-bond donors (Lipinski definition) is 1. The Labute approximate surface area is 217 Å². The quantitative estimate of drug-likeness (QED) is 0.483. The Hall–Kier alpha value is -3.72. The third kappa shape index (κ3) is 5.83. The van der Waals surface area contributed by atoms with Gasteiger partial charge in [0.1, 0.15) is 19.8 Å². The van der Waals surface area contributed by atoms with Crippen molar-refractivity contribution in [3.05, 3.63) is 78.4 Å². The second kappa shape index (κ2) is 11.1. The Morgan fingerprint density at radius 2 is 1.57 bits per heavy atom. The van der Waals surface area contributed by atoms with Gasteiger partial charge in [-0.05, 0) is 61.2 Å². The average molecular weight is 522 g/mol. The SMILES string of the molecule is O=C(CN(c1ccc2c(c1)OCCO2)S(=O)(=O)c1ccccc1)NCc1ccc(N2CCCCC2)cc1. The predicted molar refractivity (Wildman–Crippen MR) is 143 cm³/mol. The normalized spacial score (nSPS) is 15.2. The molecule has 1 fully saturated rings. The lowest BCUT2D eigenvalue weighted by molar-refractivity contribution is -0.119. The number of amides is 1. The van der Waals surface area contributed by atoms with Crippen LogP contribution in [0.2, 0.25) is 0 Å². The highest BCUT2D eigenvalue weighted by Gasteiger charge is 2.28. The molecule has 0 atom stereocenters. The van der Waals surface area contributed by atoms with Crippen molar-refractivity contribution in [3.63, 3.8) is 0 Å². The molecular weight excluding hydrogens is 490 g/mol. The van der Waals surface area contributed by atoms with Gasteiger partial charge in [-0.3, -0.25) is 9.10 Å². The zero-order valence-electron chi connectivity index (χ0n) is 20.6. The Balaban J connectivity index is 1.31. The number of carbonyl (C=O) groups excluding carboxylic acids is 1. The first-order chi connectivity index (χ1) is 18.0. The summed E-state index contributed by atoms with van der Waals surface area (Å²) >= 11 is 0. The lowest BCUT2D eigenvalue weighted by Crippen LogP contribution is -2.40. The van der Waals surface area contributed by atoms with Crippen LogP contribution in [0.3, 0.4) is 0 Å². The van der Waals surface area contributed by atoms with E-state index < -0.39 is 15.9 Å². The van der Waals surface area contributed by atoms with Gasteiger partial charge in [-0.25, -0.2) is 8.42 Å². The van der Waals surface area contributed by atoms with Crippen molar-refractivity contribution in [2.75, 3.05) is 42.1 Å². The summed E-state index contributed by atoms with van der Waals surface area (Å²) in [6.45, 7) is 2.88. The molecule has 5 rings (SSSR count). The van der Waals surface area contributed by atoms with E-state index in [9.17, 15) is 13.2 Å². The second-order valence-electron chi connectivity index (χ2n) is 9.14. The van der Waals surface area contributed by atoms with Crippen LogP contribution in [-0.4, -0.2) is 47.2 Å². The summed E-state index contributed by atoms with van der Waals surface area (Å²) in [5.41, 5.74) is 2.47. The number of fused-ring (bicyclic) bond motifs is 1. The lowest BCUT2D eigenvalue weighted by atomic mass is 10.1. The maximum atomic E-state index is 13.6. The zero-order valence-corrected chi connectivity index (χ0v) is 21.5. The topological polar surface area (TPSA) is 88.2 Å². The summed E-state index contributed by atoms with van der Waals surface area (Å²) in [5.74, 6) is 0.588. The fourth-order valence-corrected chi connectivity index (χ4v) is 6.02. The van der Waals surface area contributed by atoms with Crippen molar-refractivity contribution in [1.82, 2.24) is 5.32 Å². The third-order valence-corrected chi connectivity index (χ3v) is 8.37. The summed E-state index contributed by atoms with van der Waals surface area (Å²) in [6, 6.07) is 21.1. The average Bonchev–Trinajstić information content (AvgIpc) is 2.95. The second-order valence-corrected chi connectivity index (χ2v) is 11.0. The van der Waals surface area contributed by atoms with E-state index >= 15 is 0 Å². The highest BCUT2D eigenvalue weighted by molar-refractivity contribution is 7.92. The number of benzene rings is 3. The van der Waals surface area contributed by atoms with E-state index in [4.69, 9.17) is 9.47 Å². The molecule has 0 spiro atoms. The number of nitrogens with one attached hydrogen (secondary N) is 1. The zero-order chi connectivity index (χ0) is 25.7. The van der Waals surface area contributed by atoms with Gasteiger partial charge >= 0.3 is 0 Å². The molecule has 0 radical (unpaired) electrons. The van der Waals surface area contributed by atoms with Crippen molar-refractivity contribution in [1.29, 1.82) is 0 Å². The van der Waals surface area contributed by atoms with E-state index in [0.29, 0.717) is 36.9 Å². The number of sulfonamides is 1. The van der Waals surface area contributed by atoms with Crippen LogP contribution >= 0.6 is 0 Å². The molecule has 0 unspecified atom stereocenters. The molecule has 3 aromatic rings. The van der Waals surface area contributed by atoms with E-state index in [1.54, 1.807) is 36.4 Å². The van der Waals surface area contributed by atoms with Crippen LogP contribution in [0.15, 0.2) is 77.7 Å². The summed E-state index contributed by atoms with van der Waals surface area (Å²) in [5, 5.41) is 2.87. The van der Waals surface area contributed by atoms with Gasteiger partial charge in [-0.15, -0.1) is 0 Å². The van der Waals surface area contributed by atoms with Gasteiger partial charge in [-0.2, -0.15) is 0 Å². The number of hydrogen-bond acceptors (Lipinski definition) is 6. The van der Waals surface area contributed by atoms with E-state index in [1.165, 1.54) is 37.1 Å². The maximum Gasteiger partial charge on any atom is 0.264 e. The van der Waals surface area contributed by atoms with E-state index in [1.807, 2.05) is 12.1 Å². The van der Waals surface area contributed by atoms with Crippen LogP contribution in [0, 0.1) is 0 Å². The minimum Gasteiger partial charge on any atom is -0.486 e. The van der Waals surface area contributed by atoms with Crippen LogP contribution in [0.4, 0.5) is 11.4 Å². The molecule has 0 bridgehead atoms. The summed E-state index contributed by atoms with van der Waals surface area (Å²) in [7, 11) is -4.01. The van der Waals surface area contributed by atoms with Gasteiger partial charge in [0, 0.05) is 31.4 Å². The smallest absolute Gasteiger partial charge is 0.264 e. The number of nitrogens with zero attached hydrogens (tertiary/aromatic N) is 2. The van der Waals surface area contributed by atoms with E-state index in [0.717, 1.165) is 23.0 Å². The van der Waals surface area contributed by atoms with E-state index in [2.05, 4.69) is 22.3 Å². The van der Waals surface area contributed by atoms with Gasteiger partial charge in [0.2, 0.25) is 5.91 Å². The van der Waals surface area contributed by atoms with Gasteiger partial charge in [0.25, 0.3) is 10.0 Å². The van der Waals surface area contributed by atoms with Crippen LogP contribution < -0.4 is 24.0 Å². The number of anilines is 2. The Kier molecular flexibility index (Phi) is 7.50. The Bertz CT molecular complexity index is 1320. The molecule has 2 heterocycles. The summed E-state index contributed by atoms with van der Waals surface area (Å²) in [4.78, 5) is 15.5. The molecule has 0 saturated carbocycles. The maximum absolute atomic E-state index is 13.6. The largest absolute Gasteiger partial charge is 0.486 e. The highest BCUT2D eigenvalue weighted by atomic mass is 32.2. The van der Waals surface area contributed by atoms with Crippen molar-refractivity contribution < 1.29 is 22.7 Å². The molecule has 8 nitrogen and oxygen atoms in total. The Morgan fingerprint density at radius 1 is 0.865 bits per heavy atom. The van der Waals surface area contributed by atoms with Crippen molar-refractivity contribution in [3.8, 4) is 11.5 Å². The molecule has 2 aliphatic heterocycles. The van der Waals surface area contributed by atoms with Gasteiger partial charge in [0.15, 0.2) is 11.5 Å². The molecule has 2 aliphatic rings.